The molecule has 1 rings (SSSR count). The van der Waals surface area contributed by atoms with E-state index in [-0.39, 0.29) is 0 Å². The summed E-state index contributed by atoms with van der Waals surface area (Å²) in [6.45, 7) is 0. The summed E-state index contributed by atoms with van der Waals surface area (Å²) in [7, 11) is 0. The van der Waals surface area contributed by atoms with Crippen molar-refractivity contribution in [3.05, 3.63) is 34.4 Å². The highest BCUT2D eigenvalue weighted by Gasteiger charge is 1.98. The van der Waals surface area contributed by atoms with Crippen LogP contribution in [-0.2, 0) is 0 Å². The summed E-state index contributed by atoms with van der Waals surface area (Å²) in [4.78, 5) is 10.8. The summed E-state index contributed by atoms with van der Waals surface area (Å²) in [6, 6.07) is 6.37. The van der Waals surface area contributed by atoms with E-state index >= 15 is 0 Å². The lowest BCUT2D eigenvalue weighted by molar-refractivity contribution is -0.445. The van der Waals surface area contributed by atoms with Crippen LogP contribution < -0.4 is 5.43 Å². The van der Waals surface area contributed by atoms with Crippen LogP contribution in [0.15, 0.2) is 29.2 Å². The second-order valence-electron chi connectivity index (χ2n) is 2.09. The zero-order valence-electron chi connectivity index (χ0n) is 6.43. The molecular weight excluding hydrogens is 190 g/mol. The average Bonchev–Trinajstić information content (AvgIpc) is 2.08. The Labute approximate surface area is 78.5 Å². The van der Waals surface area contributed by atoms with Crippen LogP contribution in [0.4, 0.5) is 5.69 Å². The Kier molecular flexibility index (Phi) is 3.11. The quantitative estimate of drug-likeness (QED) is 0.344. The van der Waals surface area contributed by atoms with Gasteiger partial charge in [-0.15, -0.1) is 5.43 Å². The molecule has 66 valence electrons. The first-order chi connectivity index (χ1) is 6.22. The molecule has 13 heavy (non-hydrogen) atoms. The van der Waals surface area contributed by atoms with E-state index in [2.05, 4.69) is 0 Å². The minimum Gasteiger partial charge on any atom is -0.235 e. The molecule has 0 saturated carbocycles. The highest BCUT2D eigenvalue weighted by molar-refractivity contribution is 8.03. The predicted octanol–water partition coefficient (Wildman–Crippen LogP) is 1.86. The van der Waals surface area contributed by atoms with Gasteiger partial charge >= 0.3 is 0 Å². The maximum Gasteiger partial charge on any atom is 0.162 e. The van der Waals surface area contributed by atoms with Gasteiger partial charge in [0, 0.05) is 4.90 Å². The second kappa shape index (κ2) is 4.33. The molecular formula is C7H5N3O2S. The number of hydrogen-bond acceptors (Lipinski definition) is 4. The van der Waals surface area contributed by atoms with Crippen LogP contribution in [0.2, 0.25) is 0 Å². The van der Waals surface area contributed by atoms with Crippen LogP contribution in [-0.4, -0.2) is 5.03 Å². The van der Waals surface area contributed by atoms with Gasteiger partial charge in [-0.1, -0.05) is 0 Å². The molecule has 0 heterocycles. The smallest absolute Gasteiger partial charge is 0.162 e. The average molecular weight is 195 g/mol. The van der Waals surface area contributed by atoms with Gasteiger partial charge in [0.25, 0.3) is 0 Å². The number of rotatable bonds is 3. The van der Waals surface area contributed by atoms with Gasteiger partial charge < -0.3 is 0 Å². The van der Waals surface area contributed by atoms with Crippen LogP contribution in [0.1, 0.15) is 0 Å². The zero-order valence-corrected chi connectivity index (χ0v) is 7.25. The third-order valence-electron chi connectivity index (χ3n) is 1.24. The number of nitrogens with zero attached hydrogens (tertiary/aromatic N) is 2. The maximum absolute atomic E-state index is 10.0. The van der Waals surface area contributed by atoms with Crippen LogP contribution in [0.5, 0.6) is 0 Å². The fraction of sp³-hybridized carbons (Fsp3) is 0. The van der Waals surface area contributed by atoms with Crippen molar-refractivity contribution < 1.29 is 5.03 Å². The number of anilines is 1. The standard InChI is InChI=1S/C7H5N3O2S/c8-5-13-7-3-1-6(2-4-7)9-10(11)12/h1-4,9H. The van der Waals surface area contributed by atoms with Gasteiger partial charge in [0.2, 0.25) is 0 Å². The van der Waals surface area contributed by atoms with Gasteiger partial charge in [0.1, 0.15) is 11.1 Å². The van der Waals surface area contributed by atoms with Crippen molar-refractivity contribution in [3.63, 3.8) is 0 Å². The van der Waals surface area contributed by atoms with Gasteiger partial charge in [-0.3, -0.25) is 0 Å². The number of nitrogens with one attached hydrogen (secondary N) is 1. The third-order valence-corrected chi connectivity index (χ3v) is 1.84. The van der Waals surface area contributed by atoms with E-state index in [0.29, 0.717) is 5.69 Å². The van der Waals surface area contributed by atoms with Gasteiger partial charge in [-0.25, -0.2) is 10.1 Å². The Hall–Kier alpha value is -1.74. The van der Waals surface area contributed by atoms with E-state index < -0.39 is 5.03 Å². The number of thiocyanates is 1. The molecule has 0 radical (unpaired) electrons. The molecule has 6 heteroatoms. The van der Waals surface area contributed by atoms with Crippen molar-refractivity contribution in [2.24, 2.45) is 0 Å². The van der Waals surface area contributed by atoms with Crippen molar-refractivity contribution in [1.82, 2.24) is 0 Å². The highest BCUT2D eigenvalue weighted by atomic mass is 32.2. The first-order valence-electron chi connectivity index (χ1n) is 3.29. The minimum absolute atomic E-state index is 0.396. The van der Waals surface area contributed by atoms with Crippen LogP contribution >= 0.6 is 11.8 Å². The first kappa shape index (κ1) is 9.35. The Morgan fingerprint density at radius 3 is 2.54 bits per heavy atom. The van der Waals surface area contributed by atoms with Crippen molar-refractivity contribution in [1.29, 1.82) is 5.26 Å². The number of hydrogen-bond donors (Lipinski definition) is 1. The molecule has 0 spiro atoms. The van der Waals surface area contributed by atoms with E-state index in [0.717, 1.165) is 16.7 Å². The lowest BCUT2D eigenvalue weighted by atomic mass is 10.3. The third kappa shape index (κ3) is 3.01. The van der Waals surface area contributed by atoms with E-state index in [1.807, 2.05) is 10.8 Å². The van der Waals surface area contributed by atoms with Gasteiger partial charge in [0.15, 0.2) is 5.03 Å². The molecule has 1 aromatic rings. The number of nitriles is 1. The first-order valence-corrected chi connectivity index (χ1v) is 4.11. The van der Waals surface area contributed by atoms with Crippen molar-refractivity contribution in [3.8, 4) is 5.40 Å². The lowest BCUT2D eigenvalue weighted by Gasteiger charge is -1.96. The van der Waals surface area contributed by atoms with Crippen LogP contribution in [0, 0.1) is 20.8 Å². The molecule has 0 aliphatic carbocycles. The van der Waals surface area contributed by atoms with Crippen molar-refractivity contribution in [2.45, 2.75) is 4.90 Å². The van der Waals surface area contributed by atoms with E-state index in [4.69, 9.17) is 5.26 Å². The van der Waals surface area contributed by atoms with Gasteiger partial charge in [-0.2, -0.15) is 5.26 Å². The summed E-state index contributed by atoms with van der Waals surface area (Å²) in [5.74, 6) is 0. The zero-order chi connectivity index (χ0) is 9.68. The molecule has 5 nitrogen and oxygen atoms in total. The Bertz CT molecular complexity index is 344. The molecule has 0 amide bonds. The SMILES string of the molecule is N#CSc1ccc(N[N+](=O)[O-])cc1. The predicted molar refractivity (Wildman–Crippen MR) is 48.5 cm³/mol. The summed E-state index contributed by atoms with van der Waals surface area (Å²) in [5.41, 5.74) is 2.40. The van der Waals surface area contributed by atoms with Crippen molar-refractivity contribution in [2.75, 3.05) is 5.43 Å². The summed E-state index contributed by atoms with van der Waals surface area (Å²) >= 11 is 1.01. The minimum atomic E-state index is -0.632. The number of benzene rings is 1. The normalized spacial score (nSPS) is 8.85. The van der Waals surface area contributed by atoms with E-state index in [1.165, 1.54) is 0 Å². The summed E-state index contributed by atoms with van der Waals surface area (Å²) in [5, 5.41) is 19.6. The maximum atomic E-state index is 10.0. The Balaban J connectivity index is 2.70. The van der Waals surface area contributed by atoms with Crippen LogP contribution in [0.25, 0.3) is 0 Å². The Morgan fingerprint density at radius 2 is 2.08 bits per heavy atom. The van der Waals surface area contributed by atoms with Gasteiger partial charge in [-0.05, 0) is 36.0 Å². The molecule has 0 atom stereocenters. The molecule has 0 bridgehead atoms. The molecule has 1 aromatic carbocycles. The van der Waals surface area contributed by atoms with E-state index in [1.54, 1.807) is 24.3 Å². The topological polar surface area (TPSA) is 79.0 Å². The van der Waals surface area contributed by atoms with Crippen LogP contribution in [0.3, 0.4) is 0 Å². The summed E-state index contributed by atoms with van der Waals surface area (Å²) in [6.07, 6.45) is 0. The molecule has 0 aliphatic rings. The van der Waals surface area contributed by atoms with Gasteiger partial charge in [0.05, 0.1) is 0 Å². The molecule has 0 aromatic heterocycles. The lowest BCUT2D eigenvalue weighted by Crippen LogP contribution is -2.07. The molecule has 0 saturated heterocycles. The van der Waals surface area contributed by atoms with Crippen molar-refractivity contribution >= 4 is 17.4 Å². The molecule has 0 fully saturated rings. The molecule has 1 N–H and O–H groups in total. The summed E-state index contributed by atoms with van der Waals surface area (Å²) < 4.78 is 0. The number of thioether (sulfide) groups is 1. The number of hydrazine groups is 1. The monoisotopic (exact) mass is 195 g/mol. The highest BCUT2D eigenvalue weighted by Crippen LogP contribution is 2.18. The Morgan fingerprint density at radius 1 is 1.46 bits per heavy atom. The largest absolute Gasteiger partial charge is 0.235 e. The fourth-order valence-electron chi connectivity index (χ4n) is 0.756. The molecule has 0 aliphatic heterocycles. The molecule has 0 unspecified atom stereocenters. The second-order valence-corrected chi connectivity index (χ2v) is 2.94. The fourth-order valence-corrected chi connectivity index (χ4v) is 1.13. The number of nitro groups is 1. The van der Waals surface area contributed by atoms with E-state index in [9.17, 15) is 10.1 Å².